The molecule has 0 spiro atoms. The van der Waals surface area contributed by atoms with Gasteiger partial charge in [0, 0.05) is 18.2 Å². The molecule has 19 heavy (non-hydrogen) atoms. The average molecular weight is 265 g/mol. The number of ether oxygens (including phenoxy) is 2. The van der Waals surface area contributed by atoms with Gasteiger partial charge in [0.1, 0.15) is 0 Å². The second-order valence-electron chi connectivity index (χ2n) is 5.20. The van der Waals surface area contributed by atoms with Crippen LogP contribution in [0.3, 0.4) is 0 Å². The quantitative estimate of drug-likeness (QED) is 0.776. The Bertz CT molecular complexity index is 377. The summed E-state index contributed by atoms with van der Waals surface area (Å²) in [6.45, 7) is 9.35. The van der Waals surface area contributed by atoms with E-state index in [2.05, 4.69) is 39.1 Å². The van der Waals surface area contributed by atoms with Gasteiger partial charge in [0.15, 0.2) is 11.5 Å². The summed E-state index contributed by atoms with van der Waals surface area (Å²) in [6.07, 6.45) is 2.38. The van der Waals surface area contributed by atoms with Crippen LogP contribution in [0.25, 0.3) is 0 Å². The first kappa shape index (κ1) is 15.8. The van der Waals surface area contributed by atoms with Gasteiger partial charge in [0.25, 0.3) is 0 Å². The summed E-state index contributed by atoms with van der Waals surface area (Å²) in [6, 6.07) is 6.50. The first-order chi connectivity index (χ1) is 9.08. The normalized spacial score (nSPS) is 12.5. The molecule has 1 rings (SSSR count). The lowest BCUT2D eigenvalue weighted by molar-refractivity contribution is 0.198. The lowest BCUT2D eigenvalue weighted by atomic mass is 10.1. The minimum atomic E-state index is 0.207. The molecule has 0 heterocycles. The molecule has 1 N–H and O–H groups in total. The van der Waals surface area contributed by atoms with Crippen molar-refractivity contribution in [1.82, 2.24) is 5.32 Å². The van der Waals surface area contributed by atoms with Gasteiger partial charge in [-0.25, -0.2) is 0 Å². The number of hydrogen-bond donors (Lipinski definition) is 1. The van der Waals surface area contributed by atoms with E-state index in [-0.39, 0.29) is 6.10 Å². The number of benzene rings is 1. The van der Waals surface area contributed by atoms with Gasteiger partial charge in [-0.3, -0.25) is 0 Å². The van der Waals surface area contributed by atoms with Crippen molar-refractivity contribution < 1.29 is 9.47 Å². The maximum absolute atomic E-state index is 6.08. The van der Waals surface area contributed by atoms with Gasteiger partial charge < -0.3 is 14.8 Å². The van der Waals surface area contributed by atoms with E-state index in [0.717, 1.165) is 36.4 Å². The zero-order valence-electron chi connectivity index (χ0n) is 12.8. The maximum Gasteiger partial charge on any atom is 0.166 e. The molecule has 1 aromatic rings. The lowest BCUT2D eigenvalue weighted by Gasteiger charge is -2.20. The second kappa shape index (κ2) is 8.05. The molecule has 0 fully saturated rings. The van der Waals surface area contributed by atoms with E-state index in [1.54, 1.807) is 7.11 Å². The van der Waals surface area contributed by atoms with E-state index in [1.165, 1.54) is 0 Å². The monoisotopic (exact) mass is 265 g/mol. The summed E-state index contributed by atoms with van der Waals surface area (Å²) in [5.41, 5.74) is 1.15. The smallest absolute Gasteiger partial charge is 0.166 e. The predicted octanol–water partition coefficient (Wildman–Crippen LogP) is 3.76. The van der Waals surface area contributed by atoms with Gasteiger partial charge in [-0.05, 0) is 19.4 Å². The number of nitrogens with one attached hydrogen (secondary N) is 1. The van der Waals surface area contributed by atoms with Crippen molar-refractivity contribution in [1.29, 1.82) is 0 Å². The van der Waals surface area contributed by atoms with Gasteiger partial charge in [-0.15, -0.1) is 0 Å². The van der Waals surface area contributed by atoms with E-state index in [9.17, 15) is 0 Å². The summed E-state index contributed by atoms with van der Waals surface area (Å²) < 4.78 is 11.5. The second-order valence-corrected chi connectivity index (χ2v) is 5.20. The van der Waals surface area contributed by atoms with Crippen LogP contribution in [0.15, 0.2) is 18.2 Å². The van der Waals surface area contributed by atoms with Crippen LogP contribution < -0.4 is 14.8 Å². The van der Waals surface area contributed by atoms with Crippen molar-refractivity contribution in [3.8, 4) is 11.5 Å². The van der Waals surface area contributed by atoms with Crippen LogP contribution in [0.1, 0.15) is 46.1 Å². The number of hydrogen-bond acceptors (Lipinski definition) is 3. The number of para-hydroxylation sites is 1. The van der Waals surface area contributed by atoms with Crippen molar-refractivity contribution >= 4 is 0 Å². The summed E-state index contributed by atoms with van der Waals surface area (Å²) in [5, 5.41) is 3.42. The predicted molar refractivity (Wildman–Crippen MR) is 80.0 cm³/mol. The molecule has 0 aliphatic rings. The van der Waals surface area contributed by atoms with Crippen LogP contribution in [-0.4, -0.2) is 19.3 Å². The van der Waals surface area contributed by atoms with Gasteiger partial charge >= 0.3 is 0 Å². The van der Waals surface area contributed by atoms with Crippen molar-refractivity contribution in [2.24, 2.45) is 0 Å². The Hall–Kier alpha value is -1.22. The molecule has 0 radical (unpaired) electrons. The van der Waals surface area contributed by atoms with E-state index in [0.29, 0.717) is 6.04 Å². The van der Waals surface area contributed by atoms with Crippen LogP contribution in [-0.2, 0) is 6.54 Å². The summed E-state index contributed by atoms with van der Waals surface area (Å²) in [4.78, 5) is 0. The largest absolute Gasteiger partial charge is 0.493 e. The van der Waals surface area contributed by atoms with E-state index < -0.39 is 0 Å². The van der Waals surface area contributed by atoms with Gasteiger partial charge in [-0.1, -0.05) is 39.3 Å². The Morgan fingerprint density at radius 2 is 1.95 bits per heavy atom. The number of rotatable bonds is 8. The van der Waals surface area contributed by atoms with Gasteiger partial charge in [0.2, 0.25) is 0 Å². The third kappa shape index (κ3) is 5.11. The molecule has 1 aromatic carbocycles. The highest BCUT2D eigenvalue weighted by atomic mass is 16.5. The molecule has 1 atom stereocenters. The van der Waals surface area contributed by atoms with Crippen molar-refractivity contribution in [2.45, 2.75) is 59.2 Å². The van der Waals surface area contributed by atoms with Crippen LogP contribution in [0.5, 0.6) is 11.5 Å². The van der Waals surface area contributed by atoms with Gasteiger partial charge in [0.05, 0.1) is 13.2 Å². The van der Waals surface area contributed by atoms with E-state index in [4.69, 9.17) is 9.47 Å². The average Bonchev–Trinajstić information content (AvgIpc) is 2.37. The highest BCUT2D eigenvalue weighted by molar-refractivity contribution is 5.46. The highest BCUT2D eigenvalue weighted by Gasteiger charge is 2.13. The molecule has 0 aliphatic heterocycles. The molecule has 3 heteroatoms. The topological polar surface area (TPSA) is 30.5 Å². The van der Waals surface area contributed by atoms with Crippen LogP contribution in [0.4, 0.5) is 0 Å². The summed E-state index contributed by atoms with van der Waals surface area (Å²) >= 11 is 0. The first-order valence-electron chi connectivity index (χ1n) is 7.14. The van der Waals surface area contributed by atoms with Crippen LogP contribution in [0.2, 0.25) is 0 Å². The summed E-state index contributed by atoms with van der Waals surface area (Å²) in [7, 11) is 1.69. The Balaban J connectivity index is 2.89. The maximum atomic E-state index is 6.08. The van der Waals surface area contributed by atoms with E-state index >= 15 is 0 Å². The van der Waals surface area contributed by atoms with Gasteiger partial charge in [-0.2, -0.15) is 0 Å². The molecule has 1 unspecified atom stereocenters. The fraction of sp³-hybridized carbons (Fsp3) is 0.625. The molecular weight excluding hydrogens is 238 g/mol. The van der Waals surface area contributed by atoms with Crippen molar-refractivity contribution in [2.75, 3.05) is 7.11 Å². The molecule has 0 saturated carbocycles. The lowest BCUT2D eigenvalue weighted by Crippen LogP contribution is -2.23. The molecule has 108 valence electrons. The van der Waals surface area contributed by atoms with Crippen LogP contribution in [0, 0.1) is 0 Å². The minimum absolute atomic E-state index is 0.207. The number of methoxy groups -OCH3 is 1. The molecule has 0 aromatic heterocycles. The fourth-order valence-electron chi connectivity index (χ4n) is 1.98. The molecular formula is C16H27NO2. The minimum Gasteiger partial charge on any atom is -0.493 e. The first-order valence-corrected chi connectivity index (χ1v) is 7.14. The third-order valence-electron chi connectivity index (χ3n) is 3.00. The molecule has 0 amide bonds. The van der Waals surface area contributed by atoms with E-state index in [1.807, 2.05) is 12.1 Å². The Labute approximate surface area is 117 Å². The standard InChI is InChI=1S/C16H27NO2/c1-6-8-13(4)19-16-14(11-17-12(2)3)9-7-10-15(16)18-5/h7,9-10,12-13,17H,6,8,11H2,1-5H3. The Morgan fingerprint density at radius 1 is 1.21 bits per heavy atom. The van der Waals surface area contributed by atoms with Crippen molar-refractivity contribution in [3.05, 3.63) is 23.8 Å². The summed E-state index contributed by atoms with van der Waals surface area (Å²) in [5.74, 6) is 1.69. The zero-order valence-corrected chi connectivity index (χ0v) is 12.8. The third-order valence-corrected chi connectivity index (χ3v) is 3.00. The van der Waals surface area contributed by atoms with Crippen LogP contribution >= 0.6 is 0 Å². The Morgan fingerprint density at radius 3 is 2.53 bits per heavy atom. The van der Waals surface area contributed by atoms with Crippen molar-refractivity contribution in [3.63, 3.8) is 0 Å². The molecule has 0 saturated heterocycles. The zero-order chi connectivity index (χ0) is 14.3. The highest BCUT2D eigenvalue weighted by Crippen LogP contribution is 2.32. The molecule has 0 bridgehead atoms. The Kier molecular flexibility index (Phi) is 6.71. The molecule has 3 nitrogen and oxygen atoms in total. The molecule has 0 aliphatic carbocycles. The fourth-order valence-corrected chi connectivity index (χ4v) is 1.98. The SMILES string of the molecule is CCCC(C)Oc1c(CNC(C)C)cccc1OC.